The summed E-state index contributed by atoms with van der Waals surface area (Å²) in [6, 6.07) is 0.271. The van der Waals surface area contributed by atoms with Crippen molar-refractivity contribution in [2.45, 2.75) is 5.66 Å². The molecule has 1 aromatic rings. The van der Waals surface area contributed by atoms with Crippen LogP contribution >= 0.6 is 0 Å². The number of nitrogens with zero attached hydrogens (tertiary/aromatic N) is 2. The minimum absolute atomic E-state index is 0.0822. The molecule has 0 fully saturated rings. The van der Waals surface area contributed by atoms with Crippen LogP contribution in [0.5, 0.6) is 6.01 Å². The van der Waals surface area contributed by atoms with E-state index in [9.17, 15) is 4.39 Å². The van der Waals surface area contributed by atoms with Gasteiger partial charge in [-0.15, -0.1) is 0 Å². The van der Waals surface area contributed by atoms with E-state index in [-0.39, 0.29) is 12.6 Å². The largest absolute Gasteiger partial charge is 0.461 e. The van der Waals surface area contributed by atoms with Crippen molar-refractivity contribution in [2.75, 3.05) is 33.5 Å². The molecule has 1 aromatic heterocycles. The zero-order chi connectivity index (χ0) is 16.4. The van der Waals surface area contributed by atoms with Crippen LogP contribution in [-0.4, -0.2) is 49.2 Å². The third-order valence-corrected chi connectivity index (χ3v) is 3.17. The van der Waals surface area contributed by atoms with Crippen molar-refractivity contribution in [3.05, 3.63) is 48.5 Å². The standard InChI is InChI=1S/C16H21FN4O2/c1-18-16(5-2-3-8-21-16)6-4-14-12-19-15(20-13-14)23-11-10-22-9-7-17/h2-6,8,12-13,18,21H,7,9-11H2,1H3. The molecule has 0 saturated carbocycles. The van der Waals surface area contributed by atoms with Gasteiger partial charge in [0.2, 0.25) is 0 Å². The van der Waals surface area contributed by atoms with E-state index in [0.29, 0.717) is 13.2 Å². The Morgan fingerprint density at radius 2 is 2.09 bits per heavy atom. The Morgan fingerprint density at radius 3 is 2.74 bits per heavy atom. The lowest BCUT2D eigenvalue weighted by atomic mass is 10.1. The molecule has 2 heterocycles. The highest BCUT2D eigenvalue weighted by Gasteiger charge is 2.20. The van der Waals surface area contributed by atoms with Crippen molar-refractivity contribution < 1.29 is 13.9 Å². The Balaban J connectivity index is 1.86. The van der Waals surface area contributed by atoms with Gasteiger partial charge in [0.25, 0.3) is 0 Å². The number of ether oxygens (including phenoxy) is 2. The smallest absolute Gasteiger partial charge is 0.316 e. The van der Waals surface area contributed by atoms with Crippen molar-refractivity contribution in [1.82, 2.24) is 20.6 Å². The molecule has 0 radical (unpaired) electrons. The summed E-state index contributed by atoms with van der Waals surface area (Å²) in [7, 11) is 1.87. The lowest BCUT2D eigenvalue weighted by Gasteiger charge is -2.29. The molecule has 2 N–H and O–H groups in total. The number of hydrogen-bond donors (Lipinski definition) is 2. The van der Waals surface area contributed by atoms with Gasteiger partial charge in [0.15, 0.2) is 0 Å². The molecule has 0 bridgehead atoms. The van der Waals surface area contributed by atoms with E-state index in [1.807, 2.05) is 43.6 Å². The molecule has 1 atom stereocenters. The maximum atomic E-state index is 11.8. The number of dihydropyridines is 1. The molecule has 7 heteroatoms. The van der Waals surface area contributed by atoms with Gasteiger partial charge in [-0.25, -0.2) is 14.4 Å². The van der Waals surface area contributed by atoms with Crippen LogP contribution in [0.25, 0.3) is 6.08 Å². The summed E-state index contributed by atoms with van der Waals surface area (Å²) in [5.74, 6) is 0. The molecule has 0 amide bonds. The zero-order valence-corrected chi connectivity index (χ0v) is 13.0. The second-order valence-electron chi connectivity index (χ2n) is 4.76. The Bertz CT molecular complexity index is 560. The number of halogens is 1. The zero-order valence-electron chi connectivity index (χ0n) is 13.0. The van der Waals surface area contributed by atoms with E-state index < -0.39 is 12.3 Å². The molecule has 124 valence electrons. The van der Waals surface area contributed by atoms with Crippen molar-refractivity contribution >= 4 is 6.08 Å². The molecule has 0 aliphatic carbocycles. The first-order valence-electron chi connectivity index (χ1n) is 7.37. The SMILES string of the molecule is CNC1(C=Cc2cnc(OCCOCCF)nc2)C=CC=CN1. The van der Waals surface area contributed by atoms with Gasteiger partial charge in [0, 0.05) is 18.0 Å². The molecule has 6 nitrogen and oxygen atoms in total. The molecule has 0 saturated heterocycles. The van der Waals surface area contributed by atoms with Gasteiger partial charge in [-0.2, -0.15) is 0 Å². The van der Waals surface area contributed by atoms with E-state index in [1.165, 1.54) is 0 Å². The molecule has 2 rings (SSSR count). The second-order valence-corrected chi connectivity index (χ2v) is 4.76. The van der Waals surface area contributed by atoms with Gasteiger partial charge in [0.1, 0.15) is 18.9 Å². The number of nitrogens with one attached hydrogen (secondary N) is 2. The van der Waals surface area contributed by atoms with Crippen LogP contribution in [0.1, 0.15) is 5.56 Å². The summed E-state index contributed by atoms with van der Waals surface area (Å²) in [5.41, 5.74) is 0.433. The van der Waals surface area contributed by atoms with Crippen LogP contribution < -0.4 is 15.4 Å². The summed E-state index contributed by atoms with van der Waals surface area (Å²) in [4.78, 5) is 8.24. The third-order valence-electron chi connectivity index (χ3n) is 3.17. The predicted octanol–water partition coefficient (Wildman–Crippen LogP) is 1.44. The number of hydrogen-bond acceptors (Lipinski definition) is 6. The van der Waals surface area contributed by atoms with Crippen molar-refractivity contribution in [3.8, 4) is 6.01 Å². The van der Waals surface area contributed by atoms with E-state index >= 15 is 0 Å². The van der Waals surface area contributed by atoms with Gasteiger partial charge in [-0.1, -0.05) is 12.2 Å². The molecule has 1 aliphatic rings. The second kappa shape index (κ2) is 9.02. The van der Waals surface area contributed by atoms with Gasteiger partial charge >= 0.3 is 6.01 Å². The summed E-state index contributed by atoms with van der Waals surface area (Å²) < 4.78 is 22.1. The summed E-state index contributed by atoms with van der Waals surface area (Å²) in [5, 5.41) is 6.44. The number of allylic oxidation sites excluding steroid dienone is 2. The minimum atomic E-state index is -0.495. The molecule has 0 aromatic carbocycles. The predicted molar refractivity (Wildman–Crippen MR) is 86.6 cm³/mol. The Labute approximate surface area is 135 Å². The summed E-state index contributed by atoms with van der Waals surface area (Å²) >= 11 is 0. The lowest BCUT2D eigenvalue weighted by Crippen LogP contribution is -2.50. The van der Waals surface area contributed by atoms with E-state index in [0.717, 1.165) is 5.56 Å². The fourth-order valence-corrected chi connectivity index (χ4v) is 1.90. The average molecular weight is 320 g/mol. The molecule has 0 spiro atoms. The van der Waals surface area contributed by atoms with Crippen molar-refractivity contribution in [3.63, 3.8) is 0 Å². The van der Waals surface area contributed by atoms with Crippen LogP contribution in [0.15, 0.2) is 42.9 Å². The maximum absolute atomic E-state index is 11.8. The molecule has 1 unspecified atom stereocenters. The highest BCUT2D eigenvalue weighted by Crippen LogP contribution is 2.12. The van der Waals surface area contributed by atoms with Crippen LogP contribution in [-0.2, 0) is 4.74 Å². The van der Waals surface area contributed by atoms with Gasteiger partial charge in [-0.3, -0.25) is 5.32 Å². The van der Waals surface area contributed by atoms with Gasteiger partial charge < -0.3 is 14.8 Å². The topological polar surface area (TPSA) is 68.3 Å². The lowest BCUT2D eigenvalue weighted by molar-refractivity contribution is 0.0868. The molecule has 23 heavy (non-hydrogen) atoms. The van der Waals surface area contributed by atoms with Gasteiger partial charge in [-0.05, 0) is 31.5 Å². The highest BCUT2D eigenvalue weighted by atomic mass is 19.1. The maximum Gasteiger partial charge on any atom is 0.316 e. The first kappa shape index (κ1) is 17.1. The average Bonchev–Trinajstić information content (AvgIpc) is 2.62. The first-order chi connectivity index (χ1) is 11.3. The summed E-state index contributed by atoms with van der Waals surface area (Å²) in [6.45, 7) is 0.189. The van der Waals surface area contributed by atoms with Gasteiger partial charge in [0.05, 0.1) is 13.2 Å². The van der Waals surface area contributed by atoms with Crippen LogP contribution in [0.4, 0.5) is 4.39 Å². The number of rotatable bonds is 9. The fraction of sp³-hybridized carbons (Fsp3) is 0.375. The van der Waals surface area contributed by atoms with Crippen LogP contribution in [0.3, 0.4) is 0 Å². The Hall–Kier alpha value is -2.25. The minimum Gasteiger partial charge on any atom is -0.461 e. The normalized spacial score (nSPS) is 19.9. The number of aromatic nitrogens is 2. The third kappa shape index (κ3) is 5.46. The van der Waals surface area contributed by atoms with E-state index in [1.54, 1.807) is 12.4 Å². The number of likely N-dealkylation sites (N-methyl/N-ethyl adjacent to an activating group) is 1. The molecular formula is C16H21FN4O2. The van der Waals surface area contributed by atoms with E-state index in [2.05, 4.69) is 20.6 Å². The summed E-state index contributed by atoms with van der Waals surface area (Å²) in [6.07, 6.45) is 15.0. The van der Waals surface area contributed by atoms with Crippen molar-refractivity contribution in [2.24, 2.45) is 0 Å². The highest BCUT2D eigenvalue weighted by molar-refractivity contribution is 5.50. The molecular weight excluding hydrogens is 299 g/mol. The Morgan fingerprint density at radius 1 is 1.26 bits per heavy atom. The molecule has 1 aliphatic heterocycles. The van der Waals surface area contributed by atoms with E-state index in [4.69, 9.17) is 9.47 Å². The number of alkyl halides is 1. The van der Waals surface area contributed by atoms with Crippen molar-refractivity contribution in [1.29, 1.82) is 0 Å². The fourth-order valence-electron chi connectivity index (χ4n) is 1.90. The van der Waals surface area contributed by atoms with Crippen LogP contribution in [0.2, 0.25) is 0 Å². The quantitative estimate of drug-likeness (QED) is 0.671. The first-order valence-corrected chi connectivity index (χ1v) is 7.37. The van der Waals surface area contributed by atoms with Crippen LogP contribution in [0, 0.1) is 0 Å². The monoisotopic (exact) mass is 320 g/mol. The Kier molecular flexibility index (Phi) is 6.71.